The van der Waals surface area contributed by atoms with E-state index in [1.54, 1.807) is 12.1 Å². The summed E-state index contributed by atoms with van der Waals surface area (Å²) in [5.41, 5.74) is 0.938. The van der Waals surface area contributed by atoms with Crippen LogP contribution in [0.3, 0.4) is 0 Å². The zero-order chi connectivity index (χ0) is 14.3. The molecule has 0 radical (unpaired) electrons. The molecule has 5 nitrogen and oxygen atoms in total. The van der Waals surface area contributed by atoms with Crippen molar-refractivity contribution in [1.82, 2.24) is 5.32 Å². The van der Waals surface area contributed by atoms with E-state index in [-0.39, 0.29) is 10.6 Å². The number of ether oxygens (including phenoxy) is 1. The minimum atomic E-state index is -0.390. The topological polar surface area (TPSA) is 64.4 Å². The molecular weight excluding hydrogens is 244 g/mol. The molecule has 0 spiro atoms. The van der Waals surface area contributed by atoms with Gasteiger partial charge < -0.3 is 10.1 Å². The van der Waals surface area contributed by atoms with Crippen LogP contribution in [0.15, 0.2) is 18.2 Å². The fraction of sp³-hybridized carbons (Fsp3) is 0.571. The van der Waals surface area contributed by atoms with Gasteiger partial charge >= 0.3 is 5.69 Å². The summed E-state index contributed by atoms with van der Waals surface area (Å²) >= 11 is 0. The zero-order valence-corrected chi connectivity index (χ0v) is 11.8. The Bertz CT molecular complexity index is 419. The van der Waals surface area contributed by atoms with Gasteiger partial charge in [-0.25, -0.2) is 0 Å². The first kappa shape index (κ1) is 15.4. The molecule has 0 aliphatic carbocycles. The van der Waals surface area contributed by atoms with Crippen molar-refractivity contribution in [2.24, 2.45) is 5.92 Å². The van der Waals surface area contributed by atoms with Crippen molar-refractivity contribution in [1.29, 1.82) is 0 Å². The first-order chi connectivity index (χ1) is 9.04. The SMILES string of the molecule is CCCNCc1ccc(OCC(C)C)c([N+](=O)[O-])c1. The van der Waals surface area contributed by atoms with Gasteiger partial charge in [-0.2, -0.15) is 0 Å². The highest BCUT2D eigenvalue weighted by atomic mass is 16.6. The molecule has 0 saturated carbocycles. The first-order valence-electron chi connectivity index (χ1n) is 6.65. The van der Waals surface area contributed by atoms with E-state index in [1.165, 1.54) is 0 Å². The summed E-state index contributed by atoms with van der Waals surface area (Å²) in [5, 5.41) is 14.3. The number of nitro benzene ring substituents is 1. The molecule has 1 rings (SSSR count). The second-order valence-corrected chi connectivity index (χ2v) is 4.94. The lowest BCUT2D eigenvalue weighted by Crippen LogP contribution is -2.14. The summed E-state index contributed by atoms with van der Waals surface area (Å²) in [7, 11) is 0. The highest BCUT2D eigenvalue weighted by Gasteiger charge is 2.16. The first-order valence-corrected chi connectivity index (χ1v) is 6.65. The van der Waals surface area contributed by atoms with Gasteiger partial charge in [-0.3, -0.25) is 10.1 Å². The zero-order valence-electron chi connectivity index (χ0n) is 11.8. The minimum absolute atomic E-state index is 0.0384. The van der Waals surface area contributed by atoms with Crippen LogP contribution in [-0.4, -0.2) is 18.1 Å². The summed E-state index contributed by atoms with van der Waals surface area (Å²) in [6.45, 7) is 8.12. The minimum Gasteiger partial charge on any atom is -0.487 e. The van der Waals surface area contributed by atoms with E-state index >= 15 is 0 Å². The lowest BCUT2D eigenvalue weighted by atomic mass is 10.2. The third-order valence-corrected chi connectivity index (χ3v) is 2.55. The fourth-order valence-electron chi connectivity index (χ4n) is 1.60. The predicted octanol–water partition coefficient (Wildman–Crippen LogP) is 3.13. The molecule has 0 aliphatic rings. The molecule has 1 aromatic carbocycles. The number of nitro groups is 1. The Morgan fingerprint density at radius 2 is 2.16 bits per heavy atom. The molecule has 5 heteroatoms. The van der Waals surface area contributed by atoms with Gasteiger partial charge in [0, 0.05) is 12.6 Å². The van der Waals surface area contributed by atoms with E-state index in [0.717, 1.165) is 18.5 Å². The summed E-state index contributed by atoms with van der Waals surface area (Å²) in [4.78, 5) is 10.7. The number of nitrogens with zero attached hydrogens (tertiary/aromatic N) is 1. The van der Waals surface area contributed by atoms with Crippen LogP contribution in [0.5, 0.6) is 5.75 Å². The molecule has 1 N–H and O–H groups in total. The predicted molar refractivity (Wildman–Crippen MR) is 75.4 cm³/mol. The van der Waals surface area contributed by atoms with Crippen LogP contribution in [0.25, 0.3) is 0 Å². The van der Waals surface area contributed by atoms with Gasteiger partial charge in [0.05, 0.1) is 11.5 Å². The number of benzene rings is 1. The molecule has 0 fully saturated rings. The van der Waals surface area contributed by atoms with Crippen LogP contribution in [0.2, 0.25) is 0 Å². The summed E-state index contributed by atoms with van der Waals surface area (Å²) < 4.78 is 5.48. The molecule has 19 heavy (non-hydrogen) atoms. The smallest absolute Gasteiger partial charge is 0.311 e. The third kappa shape index (κ3) is 5.26. The molecule has 0 amide bonds. The molecule has 0 atom stereocenters. The van der Waals surface area contributed by atoms with Crippen LogP contribution in [0.4, 0.5) is 5.69 Å². The van der Waals surface area contributed by atoms with E-state index < -0.39 is 0 Å². The average molecular weight is 266 g/mol. The van der Waals surface area contributed by atoms with Gasteiger partial charge in [0.15, 0.2) is 5.75 Å². The number of nitrogens with one attached hydrogen (secondary N) is 1. The maximum absolute atomic E-state index is 11.1. The molecule has 0 heterocycles. The quantitative estimate of drug-likeness (QED) is 0.446. The standard InChI is InChI=1S/C14H22N2O3/c1-4-7-15-9-12-5-6-14(19-10-11(2)3)13(8-12)16(17)18/h5-6,8,11,15H,4,7,9-10H2,1-3H3. The van der Waals surface area contributed by atoms with Crippen molar-refractivity contribution in [3.05, 3.63) is 33.9 Å². The monoisotopic (exact) mass is 266 g/mol. The lowest BCUT2D eigenvalue weighted by Gasteiger charge is -2.10. The maximum atomic E-state index is 11.1. The van der Waals surface area contributed by atoms with E-state index in [0.29, 0.717) is 24.8 Å². The van der Waals surface area contributed by atoms with Crippen LogP contribution in [-0.2, 0) is 6.54 Å². The van der Waals surface area contributed by atoms with E-state index in [2.05, 4.69) is 12.2 Å². The van der Waals surface area contributed by atoms with E-state index in [4.69, 9.17) is 4.74 Å². The van der Waals surface area contributed by atoms with Gasteiger partial charge in [0.25, 0.3) is 0 Å². The van der Waals surface area contributed by atoms with E-state index in [9.17, 15) is 10.1 Å². The molecule has 0 unspecified atom stereocenters. The van der Waals surface area contributed by atoms with Crippen molar-refractivity contribution in [2.45, 2.75) is 33.7 Å². The Morgan fingerprint density at radius 1 is 1.42 bits per heavy atom. The molecule has 0 aliphatic heterocycles. The van der Waals surface area contributed by atoms with Crippen molar-refractivity contribution < 1.29 is 9.66 Å². The van der Waals surface area contributed by atoms with Crippen molar-refractivity contribution in [3.8, 4) is 5.75 Å². The van der Waals surface area contributed by atoms with Crippen LogP contribution >= 0.6 is 0 Å². The number of rotatable bonds is 8. The molecule has 0 bridgehead atoms. The second kappa shape index (κ2) is 7.74. The molecule has 1 aromatic rings. The number of hydrogen-bond acceptors (Lipinski definition) is 4. The van der Waals surface area contributed by atoms with Gasteiger partial charge in [0.2, 0.25) is 0 Å². The average Bonchev–Trinajstić information content (AvgIpc) is 2.37. The molecular formula is C14H22N2O3. The second-order valence-electron chi connectivity index (χ2n) is 4.94. The lowest BCUT2D eigenvalue weighted by molar-refractivity contribution is -0.386. The Labute approximate surface area is 114 Å². The van der Waals surface area contributed by atoms with Gasteiger partial charge in [-0.15, -0.1) is 0 Å². The summed E-state index contributed by atoms with van der Waals surface area (Å²) in [6, 6.07) is 5.13. The molecule has 0 aromatic heterocycles. The van der Waals surface area contributed by atoms with Crippen LogP contribution in [0, 0.1) is 16.0 Å². The maximum Gasteiger partial charge on any atom is 0.311 e. The molecule has 0 saturated heterocycles. The molecule has 106 valence electrons. The van der Waals surface area contributed by atoms with Gasteiger partial charge in [-0.05, 0) is 30.5 Å². The summed E-state index contributed by atoms with van der Waals surface area (Å²) in [5.74, 6) is 0.684. The fourth-order valence-corrected chi connectivity index (χ4v) is 1.60. The third-order valence-electron chi connectivity index (χ3n) is 2.55. The van der Waals surface area contributed by atoms with Crippen molar-refractivity contribution in [2.75, 3.05) is 13.2 Å². The Balaban J connectivity index is 2.79. The Kier molecular flexibility index (Phi) is 6.29. The normalized spacial score (nSPS) is 10.7. The summed E-state index contributed by atoms with van der Waals surface area (Å²) in [6.07, 6.45) is 1.04. The Hall–Kier alpha value is -1.62. The highest BCUT2D eigenvalue weighted by molar-refractivity contribution is 5.48. The van der Waals surface area contributed by atoms with Crippen molar-refractivity contribution in [3.63, 3.8) is 0 Å². The van der Waals surface area contributed by atoms with Gasteiger partial charge in [0.1, 0.15) is 0 Å². The van der Waals surface area contributed by atoms with Crippen LogP contribution < -0.4 is 10.1 Å². The van der Waals surface area contributed by atoms with E-state index in [1.807, 2.05) is 19.9 Å². The highest BCUT2D eigenvalue weighted by Crippen LogP contribution is 2.28. The van der Waals surface area contributed by atoms with Crippen molar-refractivity contribution >= 4 is 5.69 Å². The number of hydrogen-bond donors (Lipinski definition) is 1. The Morgan fingerprint density at radius 3 is 2.74 bits per heavy atom. The van der Waals surface area contributed by atoms with Gasteiger partial charge in [-0.1, -0.05) is 26.8 Å². The largest absolute Gasteiger partial charge is 0.487 e. The van der Waals surface area contributed by atoms with Crippen LogP contribution in [0.1, 0.15) is 32.8 Å².